The lowest BCUT2D eigenvalue weighted by atomic mass is 9.91. The summed E-state index contributed by atoms with van der Waals surface area (Å²) < 4.78 is 0. The fourth-order valence-corrected chi connectivity index (χ4v) is 5.43. The highest BCUT2D eigenvalue weighted by Gasteiger charge is 2.09. The van der Waals surface area contributed by atoms with Gasteiger partial charge in [0.05, 0.1) is 0 Å². The van der Waals surface area contributed by atoms with Crippen molar-refractivity contribution in [2.75, 3.05) is 0 Å². The van der Waals surface area contributed by atoms with Crippen molar-refractivity contribution in [3.05, 3.63) is 146 Å². The van der Waals surface area contributed by atoms with Crippen molar-refractivity contribution in [3.63, 3.8) is 0 Å². The van der Waals surface area contributed by atoms with Crippen LogP contribution in [0.3, 0.4) is 0 Å². The van der Waals surface area contributed by atoms with Gasteiger partial charge in [-0.05, 0) is 71.8 Å². The largest absolute Gasteiger partial charge is 0.0622 e. The molecule has 0 amide bonds. The summed E-state index contributed by atoms with van der Waals surface area (Å²) in [6.45, 7) is 0. The quantitative estimate of drug-likeness (QED) is 0.232. The van der Waals surface area contributed by atoms with E-state index in [1.807, 2.05) is 0 Å². The fraction of sp³-hybridized carbons (Fsp3) is 0. The number of rotatable bonds is 3. The molecular weight excluding hydrogens is 432 g/mol. The molecule has 0 bridgehead atoms. The molecular formula is C36H24. The van der Waals surface area contributed by atoms with Crippen molar-refractivity contribution in [1.82, 2.24) is 0 Å². The Kier molecular flexibility index (Phi) is 4.89. The Hall–Kier alpha value is -4.68. The van der Waals surface area contributed by atoms with E-state index in [0.29, 0.717) is 0 Å². The molecule has 0 aliphatic heterocycles. The van der Waals surface area contributed by atoms with E-state index in [0.717, 1.165) is 0 Å². The van der Waals surface area contributed by atoms with Crippen LogP contribution in [0.15, 0.2) is 146 Å². The molecule has 168 valence electrons. The van der Waals surface area contributed by atoms with Gasteiger partial charge in [0.1, 0.15) is 0 Å². The molecule has 0 saturated heterocycles. The molecule has 0 nitrogen and oxygen atoms in total. The van der Waals surface area contributed by atoms with Crippen molar-refractivity contribution in [1.29, 1.82) is 0 Å². The normalized spacial score (nSPS) is 11.3. The topological polar surface area (TPSA) is 0 Å². The van der Waals surface area contributed by atoms with Crippen molar-refractivity contribution >= 4 is 32.3 Å². The predicted octanol–water partition coefficient (Wildman–Crippen LogP) is 10.1. The van der Waals surface area contributed by atoms with E-state index >= 15 is 0 Å². The lowest BCUT2D eigenvalue weighted by Gasteiger charge is -2.12. The highest BCUT2D eigenvalue weighted by atomic mass is 14.1. The average Bonchev–Trinajstić information content (AvgIpc) is 2.98. The Morgan fingerprint density at radius 2 is 0.500 bits per heavy atom. The number of benzene rings is 7. The van der Waals surface area contributed by atoms with Crippen LogP contribution in [0.5, 0.6) is 0 Å². The molecule has 0 radical (unpaired) electrons. The minimum absolute atomic E-state index is 1.23. The number of hydrogen-bond donors (Lipinski definition) is 0. The van der Waals surface area contributed by atoms with Crippen LogP contribution in [-0.2, 0) is 0 Å². The minimum Gasteiger partial charge on any atom is -0.0622 e. The monoisotopic (exact) mass is 456 g/mol. The summed E-state index contributed by atoms with van der Waals surface area (Å²) in [7, 11) is 0. The third kappa shape index (κ3) is 3.47. The highest BCUT2D eigenvalue weighted by Crippen LogP contribution is 2.37. The number of hydrogen-bond acceptors (Lipinski definition) is 0. The van der Waals surface area contributed by atoms with E-state index in [9.17, 15) is 0 Å². The molecule has 0 heteroatoms. The molecule has 36 heavy (non-hydrogen) atoms. The first kappa shape index (κ1) is 20.7. The second-order valence-electron chi connectivity index (χ2n) is 9.37. The Labute approximate surface area is 211 Å². The third-order valence-corrected chi connectivity index (χ3v) is 7.29. The standard InChI is InChI=1S/C36H24/c1-2-8-25(9-3-1)26-14-16-27(17-15-26)28-18-20-29(21-19-28)30-22-23-35-33-12-5-4-10-31(33)32-11-6-7-13-34(32)36(35)24-30/h1-24H. The van der Waals surface area contributed by atoms with Gasteiger partial charge in [-0.25, -0.2) is 0 Å². The SMILES string of the molecule is c1ccc(-c2ccc(-c3ccc(-c4ccc5c6ccccc6c6ccccc6c5c4)cc3)cc2)cc1. The van der Waals surface area contributed by atoms with Gasteiger partial charge in [0.15, 0.2) is 0 Å². The summed E-state index contributed by atoms with van der Waals surface area (Å²) in [6, 6.07) is 52.7. The van der Waals surface area contributed by atoms with E-state index in [1.165, 1.54) is 65.7 Å². The van der Waals surface area contributed by atoms with Crippen LogP contribution in [0.25, 0.3) is 65.7 Å². The van der Waals surface area contributed by atoms with E-state index in [4.69, 9.17) is 0 Å². The summed E-state index contributed by atoms with van der Waals surface area (Å²) in [6.07, 6.45) is 0. The van der Waals surface area contributed by atoms with Gasteiger partial charge in [-0.3, -0.25) is 0 Å². The Morgan fingerprint density at radius 3 is 0.972 bits per heavy atom. The first-order chi connectivity index (χ1) is 17.8. The highest BCUT2D eigenvalue weighted by molar-refractivity contribution is 6.25. The maximum absolute atomic E-state index is 2.35. The molecule has 0 N–H and O–H groups in total. The van der Waals surface area contributed by atoms with Crippen LogP contribution in [-0.4, -0.2) is 0 Å². The maximum Gasteiger partial charge on any atom is -0.00928 e. The number of fused-ring (bicyclic) bond motifs is 6. The summed E-state index contributed by atoms with van der Waals surface area (Å²) in [5.41, 5.74) is 7.43. The first-order valence-electron chi connectivity index (χ1n) is 12.4. The Morgan fingerprint density at radius 1 is 0.194 bits per heavy atom. The minimum atomic E-state index is 1.23. The average molecular weight is 457 g/mol. The molecule has 7 rings (SSSR count). The molecule has 0 aliphatic carbocycles. The molecule has 0 saturated carbocycles. The second-order valence-corrected chi connectivity index (χ2v) is 9.37. The first-order valence-corrected chi connectivity index (χ1v) is 12.4. The summed E-state index contributed by atoms with van der Waals surface area (Å²) >= 11 is 0. The molecule has 0 fully saturated rings. The van der Waals surface area contributed by atoms with Crippen LogP contribution in [0, 0.1) is 0 Å². The van der Waals surface area contributed by atoms with Crippen LogP contribution in [0.4, 0.5) is 0 Å². The lowest BCUT2D eigenvalue weighted by molar-refractivity contribution is 1.58. The lowest BCUT2D eigenvalue weighted by Crippen LogP contribution is -1.85. The Bertz CT molecular complexity index is 1810. The van der Waals surface area contributed by atoms with Crippen LogP contribution in [0.2, 0.25) is 0 Å². The van der Waals surface area contributed by atoms with Crippen molar-refractivity contribution in [3.8, 4) is 33.4 Å². The van der Waals surface area contributed by atoms with Gasteiger partial charge in [0, 0.05) is 0 Å². The summed E-state index contributed by atoms with van der Waals surface area (Å²) in [5, 5.41) is 7.86. The van der Waals surface area contributed by atoms with E-state index in [2.05, 4.69) is 146 Å². The summed E-state index contributed by atoms with van der Waals surface area (Å²) in [4.78, 5) is 0. The van der Waals surface area contributed by atoms with E-state index in [-0.39, 0.29) is 0 Å². The molecule has 7 aromatic carbocycles. The van der Waals surface area contributed by atoms with Gasteiger partial charge >= 0.3 is 0 Å². The van der Waals surface area contributed by atoms with Crippen molar-refractivity contribution in [2.45, 2.75) is 0 Å². The van der Waals surface area contributed by atoms with Crippen molar-refractivity contribution in [2.24, 2.45) is 0 Å². The zero-order valence-corrected chi connectivity index (χ0v) is 19.9. The van der Waals surface area contributed by atoms with Gasteiger partial charge in [-0.1, -0.05) is 140 Å². The van der Waals surface area contributed by atoms with Crippen LogP contribution >= 0.6 is 0 Å². The zero-order valence-electron chi connectivity index (χ0n) is 19.9. The smallest absolute Gasteiger partial charge is 0.00928 e. The van der Waals surface area contributed by atoms with Gasteiger partial charge in [0.25, 0.3) is 0 Å². The van der Waals surface area contributed by atoms with Gasteiger partial charge in [-0.2, -0.15) is 0 Å². The van der Waals surface area contributed by atoms with Gasteiger partial charge in [0.2, 0.25) is 0 Å². The summed E-state index contributed by atoms with van der Waals surface area (Å²) in [5.74, 6) is 0. The van der Waals surface area contributed by atoms with E-state index < -0.39 is 0 Å². The van der Waals surface area contributed by atoms with Crippen LogP contribution < -0.4 is 0 Å². The Balaban J connectivity index is 1.28. The maximum atomic E-state index is 2.35. The van der Waals surface area contributed by atoms with Crippen molar-refractivity contribution < 1.29 is 0 Å². The molecule has 0 unspecified atom stereocenters. The fourth-order valence-electron chi connectivity index (χ4n) is 5.43. The molecule has 0 aromatic heterocycles. The van der Waals surface area contributed by atoms with Gasteiger partial charge < -0.3 is 0 Å². The second kappa shape index (κ2) is 8.52. The predicted molar refractivity (Wildman–Crippen MR) is 155 cm³/mol. The third-order valence-electron chi connectivity index (χ3n) is 7.29. The molecule has 0 atom stereocenters. The molecule has 0 heterocycles. The molecule has 0 spiro atoms. The van der Waals surface area contributed by atoms with Crippen LogP contribution in [0.1, 0.15) is 0 Å². The molecule has 7 aromatic rings. The van der Waals surface area contributed by atoms with Gasteiger partial charge in [-0.15, -0.1) is 0 Å². The van der Waals surface area contributed by atoms with E-state index in [1.54, 1.807) is 0 Å². The zero-order chi connectivity index (χ0) is 23.9. The molecule has 0 aliphatic rings.